The quantitative estimate of drug-likeness (QED) is 0.516. The van der Waals surface area contributed by atoms with Gasteiger partial charge in [0.15, 0.2) is 5.78 Å². The highest BCUT2D eigenvalue weighted by Crippen LogP contribution is 2.33. The molecule has 2 bridgehead atoms. The molecule has 2 aliphatic rings. The van der Waals surface area contributed by atoms with Gasteiger partial charge in [-0.2, -0.15) is 0 Å². The number of rotatable bonds is 1. The van der Waals surface area contributed by atoms with Crippen LogP contribution in [0.3, 0.4) is 0 Å². The van der Waals surface area contributed by atoms with Gasteiger partial charge in [-0.1, -0.05) is 12.2 Å². The maximum Gasteiger partial charge on any atom is 0.303 e. The first kappa shape index (κ1) is 12.3. The Hall–Kier alpha value is -1.16. The molecule has 94 valence electrons. The highest BCUT2D eigenvalue weighted by Gasteiger charge is 2.43. The van der Waals surface area contributed by atoms with E-state index in [0.717, 1.165) is 0 Å². The third kappa shape index (κ3) is 2.57. The fourth-order valence-corrected chi connectivity index (χ4v) is 2.52. The van der Waals surface area contributed by atoms with Gasteiger partial charge in [0.05, 0.1) is 6.10 Å². The number of hydrogen-bond donors (Lipinski definition) is 0. The van der Waals surface area contributed by atoms with Crippen molar-refractivity contribution >= 4 is 11.8 Å². The maximum atomic E-state index is 11.6. The first-order chi connectivity index (χ1) is 8.01. The lowest BCUT2D eigenvalue weighted by atomic mass is 9.85. The topological polar surface area (TPSA) is 52.6 Å². The van der Waals surface area contributed by atoms with Crippen molar-refractivity contribution in [1.82, 2.24) is 0 Å². The summed E-state index contributed by atoms with van der Waals surface area (Å²) in [5.41, 5.74) is -0.651. The van der Waals surface area contributed by atoms with Crippen LogP contribution in [0.4, 0.5) is 0 Å². The summed E-state index contributed by atoms with van der Waals surface area (Å²) in [6.07, 6.45) is 5.78. The second kappa shape index (κ2) is 4.61. The number of hydrogen-bond acceptors (Lipinski definition) is 4. The molecular weight excluding hydrogens is 220 g/mol. The minimum absolute atomic E-state index is 0.151. The first-order valence-corrected chi connectivity index (χ1v) is 6.04. The van der Waals surface area contributed by atoms with Crippen molar-refractivity contribution in [1.29, 1.82) is 0 Å². The average Bonchev–Trinajstić information content (AvgIpc) is 2.23. The van der Waals surface area contributed by atoms with Gasteiger partial charge < -0.3 is 9.47 Å². The van der Waals surface area contributed by atoms with Gasteiger partial charge in [0, 0.05) is 19.8 Å². The summed E-state index contributed by atoms with van der Waals surface area (Å²) in [6, 6.07) is 0. The Kier molecular flexibility index (Phi) is 3.33. The average molecular weight is 238 g/mol. The van der Waals surface area contributed by atoms with Gasteiger partial charge in [0.1, 0.15) is 11.7 Å². The highest BCUT2D eigenvalue weighted by atomic mass is 16.6. The molecule has 0 aliphatic carbocycles. The van der Waals surface area contributed by atoms with Crippen LogP contribution in [0.15, 0.2) is 12.2 Å². The van der Waals surface area contributed by atoms with Crippen LogP contribution < -0.4 is 0 Å². The molecular formula is C13H18O4. The van der Waals surface area contributed by atoms with E-state index in [4.69, 9.17) is 9.47 Å². The molecule has 0 amide bonds. The van der Waals surface area contributed by atoms with E-state index in [1.807, 2.05) is 19.1 Å². The minimum atomic E-state index is -0.651. The molecule has 0 aromatic heterocycles. The summed E-state index contributed by atoms with van der Waals surface area (Å²) >= 11 is 0. The van der Waals surface area contributed by atoms with Gasteiger partial charge in [-0.15, -0.1) is 0 Å². The van der Waals surface area contributed by atoms with Gasteiger partial charge in [0.25, 0.3) is 0 Å². The van der Waals surface area contributed by atoms with Crippen LogP contribution in [0.25, 0.3) is 0 Å². The zero-order valence-electron chi connectivity index (χ0n) is 10.3. The molecule has 3 atom stereocenters. The molecule has 2 unspecified atom stereocenters. The van der Waals surface area contributed by atoms with Crippen molar-refractivity contribution < 1.29 is 19.1 Å². The molecule has 0 spiro atoms. The van der Waals surface area contributed by atoms with Crippen LogP contribution in [0, 0.1) is 0 Å². The minimum Gasteiger partial charge on any atom is -0.456 e. The van der Waals surface area contributed by atoms with Crippen molar-refractivity contribution in [3.05, 3.63) is 12.2 Å². The van der Waals surface area contributed by atoms with Crippen molar-refractivity contribution in [2.24, 2.45) is 0 Å². The van der Waals surface area contributed by atoms with Crippen LogP contribution in [0.5, 0.6) is 0 Å². The largest absolute Gasteiger partial charge is 0.456 e. The van der Waals surface area contributed by atoms with Crippen molar-refractivity contribution in [3.8, 4) is 0 Å². The molecule has 2 aliphatic heterocycles. The van der Waals surface area contributed by atoms with E-state index in [1.165, 1.54) is 6.92 Å². The van der Waals surface area contributed by atoms with Crippen LogP contribution in [0.2, 0.25) is 0 Å². The van der Waals surface area contributed by atoms with E-state index in [0.29, 0.717) is 25.7 Å². The smallest absolute Gasteiger partial charge is 0.303 e. The molecule has 0 aromatic carbocycles. The Bertz CT molecular complexity index is 360. The Labute approximate surface area is 101 Å². The van der Waals surface area contributed by atoms with E-state index < -0.39 is 5.60 Å². The molecule has 1 fully saturated rings. The summed E-state index contributed by atoms with van der Waals surface area (Å²) in [5, 5.41) is 0. The van der Waals surface area contributed by atoms with Crippen LogP contribution in [0.1, 0.15) is 39.5 Å². The lowest BCUT2D eigenvalue weighted by molar-refractivity contribution is -0.189. The molecule has 2 heterocycles. The second-order valence-corrected chi connectivity index (χ2v) is 4.94. The van der Waals surface area contributed by atoms with Crippen molar-refractivity contribution in [2.75, 3.05) is 0 Å². The normalized spacial score (nSPS) is 39.1. The number of Topliss-reactive ketones (excluding diaryl/α,β-unsaturated/α-hetero) is 1. The lowest BCUT2D eigenvalue weighted by Crippen LogP contribution is -2.50. The predicted octanol–water partition coefficient (Wildman–Crippen LogP) is 1.77. The number of ketones is 1. The number of ether oxygens (including phenoxy) is 2. The molecule has 4 nitrogen and oxygen atoms in total. The third-order valence-corrected chi connectivity index (χ3v) is 3.44. The molecule has 0 radical (unpaired) electrons. The first-order valence-electron chi connectivity index (χ1n) is 6.04. The number of esters is 1. The summed E-state index contributed by atoms with van der Waals surface area (Å²) in [7, 11) is 0. The van der Waals surface area contributed by atoms with E-state index >= 15 is 0 Å². The number of fused-ring (bicyclic) bond motifs is 2. The summed E-state index contributed by atoms with van der Waals surface area (Å²) in [6.45, 7) is 3.28. The number of carbonyl (C=O) groups excluding carboxylic acids is 2. The Balaban J connectivity index is 2.22. The monoisotopic (exact) mass is 238 g/mol. The summed E-state index contributed by atoms with van der Waals surface area (Å²) in [4.78, 5) is 22.8. The SMILES string of the molecule is CC(=O)O[C@]1(C)C/C=C/CC2OC1CCC2=O. The number of carbonyl (C=O) groups is 2. The van der Waals surface area contributed by atoms with Gasteiger partial charge in [-0.05, 0) is 19.8 Å². The zero-order valence-corrected chi connectivity index (χ0v) is 10.3. The molecule has 4 heteroatoms. The Morgan fingerprint density at radius 3 is 3.00 bits per heavy atom. The fourth-order valence-electron chi connectivity index (χ4n) is 2.52. The van der Waals surface area contributed by atoms with Gasteiger partial charge in [-0.25, -0.2) is 0 Å². The molecule has 1 saturated heterocycles. The van der Waals surface area contributed by atoms with Crippen LogP contribution in [-0.2, 0) is 19.1 Å². The van der Waals surface area contributed by atoms with Crippen LogP contribution >= 0.6 is 0 Å². The van der Waals surface area contributed by atoms with Crippen molar-refractivity contribution in [2.45, 2.75) is 57.3 Å². The molecule has 0 N–H and O–H groups in total. The van der Waals surface area contributed by atoms with Crippen molar-refractivity contribution in [3.63, 3.8) is 0 Å². The summed E-state index contributed by atoms with van der Waals surface area (Å²) < 4.78 is 11.2. The molecule has 2 rings (SSSR count). The second-order valence-electron chi connectivity index (χ2n) is 4.94. The van der Waals surface area contributed by atoms with Crippen LogP contribution in [-0.4, -0.2) is 29.6 Å². The van der Waals surface area contributed by atoms with Gasteiger partial charge in [0.2, 0.25) is 0 Å². The Morgan fingerprint density at radius 2 is 2.29 bits per heavy atom. The molecule has 17 heavy (non-hydrogen) atoms. The fraction of sp³-hybridized carbons (Fsp3) is 0.692. The van der Waals surface area contributed by atoms with E-state index in [1.54, 1.807) is 0 Å². The molecule has 0 saturated carbocycles. The maximum absolute atomic E-state index is 11.6. The zero-order chi connectivity index (χ0) is 12.5. The highest BCUT2D eigenvalue weighted by molar-refractivity contribution is 5.84. The predicted molar refractivity (Wildman–Crippen MR) is 61.4 cm³/mol. The lowest BCUT2D eigenvalue weighted by Gasteiger charge is -2.41. The van der Waals surface area contributed by atoms with E-state index in [9.17, 15) is 9.59 Å². The standard InChI is InChI=1S/C13H18O4/c1-9(14)17-13(2)8-4-3-5-11-10(15)6-7-12(13)16-11/h3-4,11-12H,5-8H2,1-2H3/b4-3+/t11?,12?,13-/m1/s1. The van der Waals surface area contributed by atoms with E-state index in [-0.39, 0.29) is 24.0 Å². The Morgan fingerprint density at radius 1 is 1.53 bits per heavy atom. The summed E-state index contributed by atoms with van der Waals surface area (Å²) in [5.74, 6) is -0.156. The third-order valence-electron chi connectivity index (χ3n) is 3.44. The molecule has 0 aromatic rings. The van der Waals surface area contributed by atoms with Gasteiger partial charge >= 0.3 is 5.97 Å². The van der Waals surface area contributed by atoms with Gasteiger partial charge in [-0.3, -0.25) is 9.59 Å². The van der Waals surface area contributed by atoms with E-state index in [2.05, 4.69) is 0 Å².